The molecule has 1 amide bonds. The van der Waals surface area contributed by atoms with E-state index in [4.69, 9.17) is 15.2 Å². The summed E-state index contributed by atoms with van der Waals surface area (Å²) in [5, 5.41) is 2.77. The summed E-state index contributed by atoms with van der Waals surface area (Å²) in [5.74, 6) is 0.915. The number of anilines is 1. The third kappa shape index (κ3) is 5.28. The van der Waals surface area contributed by atoms with Gasteiger partial charge in [-0.25, -0.2) is 0 Å². The molecule has 0 radical (unpaired) electrons. The minimum absolute atomic E-state index is 0.0843. The van der Waals surface area contributed by atoms with Crippen LogP contribution < -0.4 is 20.5 Å². The number of para-hydroxylation sites is 1. The zero-order chi connectivity index (χ0) is 17.4. The molecule has 0 aliphatic heterocycles. The smallest absolute Gasteiger partial charge is 0.262 e. The van der Waals surface area contributed by atoms with Crippen LogP contribution in [0, 0.1) is 0 Å². The molecule has 0 aliphatic rings. The summed E-state index contributed by atoms with van der Waals surface area (Å²) in [7, 11) is 1.58. The second kappa shape index (κ2) is 8.93. The van der Waals surface area contributed by atoms with E-state index in [-0.39, 0.29) is 18.6 Å². The molecule has 0 aliphatic carbocycles. The van der Waals surface area contributed by atoms with Crippen molar-refractivity contribution >= 4 is 11.6 Å². The van der Waals surface area contributed by atoms with Crippen molar-refractivity contribution in [3.63, 3.8) is 0 Å². The van der Waals surface area contributed by atoms with Crippen molar-refractivity contribution in [1.82, 2.24) is 0 Å². The highest BCUT2D eigenvalue weighted by Gasteiger charge is 2.10. The Morgan fingerprint density at radius 2 is 1.92 bits per heavy atom. The van der Waals surface area contributed by atoms with Gasteiger partial charge in [-0.3, -0.25) is 4.79 Å². The molecule has 5 heteroatoms. The van der Waals surface area contributed by atoms with Gasteiger partial charge in [-0.1, -0.05) is 31.2 Å². The highest BCUT2D eigenvalue weighted by atomic mass is 16.5. The monoisotopic (exact) mass is 328 g/mol. The zero-order valence-corrected chi connectivity index (χ0v) is 14.1. The third-order valence-electron chi connectivity index (χ3n) is 3.67. The first-order valence-electron chi connectivity index (χ1n) is 8.02. The van der Waals surface area contributed by atoms with E-state index in [0.29, 0.717) is 11.5 Å². The summed E-state index contributed by atoms with van der Waals surface area (Å²) in [5.41, 5.74) is 7.80. The van der Waals surface area contributed by atoms with E-state index in [1.54, 1.807) is 7.11 Å². The summed E-state index contributed by atoms with van der Waals surface area (Å²) in [6.07, 6.45) is 1.70. The Balaban J connectivity index is 1.95. The fourth-order valence-corrected chi connectivity index (χ4v) is 2.27. The molecule has 0 heterocycles. The van der Waals surface area contributed by atoms with Crippen molar-refractivity contribution in [3.8, 4) is 11.5 Å². The largest absolute Gasteiger partial charge is 0.493 e. The summed E-state index contributed by atoms with van der Waals surface area (Å²) in [4.78, 5) is 11.9. The number of methoxy groups -OCH3 is 1. The quantitative estimate of drug-likeness (QED) is 0.781. The minimum atomic E-state index is -0.222. The maximum atomic E-state index is 11.9. The van der Waals surface area contributed by atoms with Crippen molar-refractivity contribution in [1.29, 1.82) is 0 Å². The van der Waals surface area contributed by atoms with Gasteiger partial charge < -0.3 is 20.5 Å². The van der Waals surface area contributed by atoms with Crippen LogP contribution in [-0.4, -0.2) is 25.7 Å². The van der Waals surface area contributed by atoms with Gasteiger partial charge in [-0.15, -0.1) is 0 Å². The van der Waals surface area contributed by atoms with Gasteiger partial charge in [0.15, 0.2) is 18.1 Å². The molecule has 1 unspecified atom stereocenters. The van der Waals surface area contributed by atoms with Crippen LogP contribution in [0.1, 0.15) is 18.9 Å². The molecule has 0 saturated heterocycles. The third-order valence-corrected chi connectivity index (χ3v) is 3.67. The van der Waals surface area contributed by atoms with Gasteiger partial charge in [-0.05, 0) is 42.7 Å². The number of benzene rings is 2. The number of nitrogens with two attached hydrogens (primary N) is 1. The molecule has 0 aromatic heterocycles. The van der Waals surface area contributed by atoms with Gasteiger partial charge >= 0.3 is 0 Å². The topological polar surface area (TPSA) is 73.6 Å². The molecule has 0 bridgehead atoms. The number of carbonyl (C=O) groups excluding carboxylic acids is 1. The predicted molar refractivity (Wildman–Crippen MR) is 95.5 cm³/mol. The average molecular weight is 328 g/mol. The second-order valence-corrected chi connectivity index (χ2v) is 5.56. The lowest BCUT2D eigenvalue weighted by atomic mass is 10.0. The molecule has 2 rings (SSSR count). The predicted octanol–water partition coefficient (Wildman–Crippen LogP) is 2.99. The number of rotatable bonds is 8. The van der Waals surface area contributed by atoms with Gasteiger partial charge in [-0.2, -0.15) is 0 Å². The molecule has 0 fully saturated rings. The number of hydrogen-bond donors (Lipinski definition) is 2. The maximum absolute atomic E-state index is 11.9. The van der Waals surface area contributed by atoms with Crippen molar-refractivity contribution in [2.45, 2.75) is 25.8 Å². The molecule has 1 atom stereocenters. The lowest BCUT2D eigenvalue weighted by Gasteiger charge is -2.14. The van der Waals surface area contributed by atoms with E-state index in [2.05, 4.69) is 12.2 Å². The van der Waals surface area contributed by atoms with Crippen LogP contribution in [0.2, 0.25) is 0 Å². The fourth-order valence-electron chi connectivity index (χ4n) is 2.27. The summed E-state index contributed by atoms with van der Waals surface area (Å²) >= 11 is 0. The van der Waals surface area contributed by atoms with Gasteiger partial charge in [0.2, 0.25) is 0 Å². The van der Waals surface area contributed by atoms with Crippen molar-refractivity contribution in [2.75, 3.05) is 19.0 Å². The maximum Gasteiger partial charge on any atom is 0.262 e. The van der Waals surface area contributed by atoms with Crippen LogP contribution in [0.15, 0.2) is 48.5 Å². The molecule has 0 saturated carbocycles. The van der Waals surface area contributed by atoms with Crippen molar-refractivity contribution in [3.05, 3.63) is 54.1 Å². The molecule has 3 N–H and O–H groups in total. The van der Waals surface area contributed by atoms with Crippen LogP contribution in [-0.2, 0) is 11.2 Å². The molecule has 128 valence electrons. The average Bonchev–Trinajstić information content (AvgIpc) is 2.61. The normalized spacial score (nSPS) is 11.6. The Bertz CT molecular complexity index is 659. The highest BCUT2D eigenvalue weighted by molar-refractivity contribution is 5.91. The zero-order valence-electron chi connectivity index (χ0n) is 14.1. The van der Waals surface area contributed by atoms with Crippen molar-refractivity contribution in [2.24, 2.45) is 5.73 Å². The lowest BCUT2D eigenvalue weighted by molar-refractivity contribution is -0.118. The van der Waals surface area contributed by atoms with E-state index >= 15 is 0 Å². The van der Waals surface area contributed by atoms with Gasteiger partial charge in [0.1, 0.15) is 0 Å². The van der Waals surface area contributed by atoms with E-state index in [1.165, 1.54) is 0 Å². The van der Waals surface area contributed by atoms with E-state index in [1.807, 2.05) is 48.5 Å². The van der Waals surface area contributed by atoms with E-state index < -0.39 is 0 Å². The van der Waals surface area contributed by atoms with Crippen LogP contribution in [0.25, 0.3) is 0 Å². The van der Waals surface area contributed by atoms with Gasteiger partial charge in [0, 0.05) is 11.7 Å². The Morgan fingerprint density at radius 3 is 2.58 bits per heavy atom. The number of carbonyl (C=O) groups is 1. The minimum Gasteiger partial charge on any atom is -0.493 e. The highest BCUT2D eigenvalue weighted by Crippen LogP contribution is 2.28. The Hall–Kier alpha value is -2.53. The van der Waals surface area contributed by atoms with E-state index in [9.17, 15) is 4.79 Å². The first-order valence-corrected chi connectivity index (χ1v) is 8.02. The number of ether oxygens (including phenoxy) is 2. The Labute approximate surface area is 142 Å². The van der Waals surface area contributed by atoms with Crippen molar-refractivity contribution < 1.29 is 14.3 Å². The SMILES string of the molecule is CCC(N)Cc1ccc(OCC(=O)Nc2ccccc2)c(OC)c1. The molecule has 24 heavy (non-hydrogen) atoms. The Morgan fingerprint density at radius 1 is 1.17 bits per heavy atom. The lowest BCUT2D eigenvalue weighted by Crippen LogP contribution is -2.21. The number of amides is 1. The first-order chi connectivity index (χ1) is 11.6. The molecule has 2 aromatic rings. The molecular weight excluding hydrogens is 304 g/mol. The van der Waals surface area contributed by atoms with Crippen LogP contribution >= 0.6 is 0 Å². The molecule has 5 nitrogen and oxygen atoms in total. The number of hydrogen-bond acceptors (Lipinski definition) is 4. The van der Waals surface area contributed by atoms with Crippen LogP contribution in [0.5, 0.6) is 11.5 Å². The first kappa shape index (κ1) is 17.8. The second-order valence-electron chi connectivity index (χ2n) is 5.56. The molecular formula is C19H24N2O3. The van der Waals surface area contributed by atoms with Crippen LogP contribution in [0.4, 0.5) is 5.69 Å². The van der Waals surface area contributed by atoms with Crippen LogP contribution in [0.3, 0.4) is 0 Å². The van der Waals surface area contributed by atoms with E-state index in [0.717, 1.165) is 24.1 Å². The number of nitrogens with one attached hydrogen (secondary N) is 1. The standard InChI is InChI=1S/C19H24N2O3/c1-3-15(20)11-14-9-10-17(18(12-14)23-2)24-13-19(22)21-16-7-5-4-6-8-16/h4-10,12,15H,3,11,13,20H2,1-2H3,(H,21,22). The molecule has 2 aromatic carbocycles. The molecule has 0 spiro atoms. The summed E-state index contributed by atoms with van der Waals surface area (Å²) in [6.45, 7) is 1.98. The Kier molecular flexibility index (Phi) is 6.63. The summed E-state index contributed by atoms with van der Waals surface area (Å²) in [6, 6.07) is 15.0. The van der Waals surface area contributed by atoms with Gasteiger partial charge in [0.25, 0.3) is 5.91 Å². The fraction of sp³-hybridized carbons (Fsp3) is 0.316. The summed E-state index contributed by atoms with van der Waals surface area (Å²) < 4.78 is 10.9. The van der Waals surface area contributed by atoms with Gasteiger partial charge in [0.05, 0.1) is 7.11 Å².